The predicted octanol–water partition coefficient (Wildman–Crippen LogP) is 4.59. The fraction of sp³-hybridized carbons (Fsp3) is 0.469. The molecule has 8 rings (SSSR count). The molecule has 4 atom stereocenters. The van der Waals surface area contributed by atoms with Crippen LogP contribution in [0.3, 0.4) is 0 Å². The van der Waals surface area contributed by atoms with Gasteiger partial charge in [0.1, 0.15) is 42.2 Å². The Morgan fingerprint density at radius 3 is 2.95 bits per heavy atom. The molecule has 0 radical (unpaired) electrons. The number of hydrogen-bond donors (Lipinski definition) is 2. The SMILES string of the molecule is CCC1CN2c3nc(OC[C@@]45CCCN4C[C@H](F)C5)nc4cc(-c5cc(O)cc6cccc(F)c56)nc(c34)OC[C@@H]2CN1. The van der Waals surface area contributed by atoms with E-state index in [0.717, 1.165) is 38.9 Å². The summed E-state index contributed by atoms with van der Waals surface area (Å²) in [5.74, 6) is 0.650. The highest BCUT2D eigenvalue weighted by atomic mass is 19.1. The molecule has 0 aliphatic carbocycles. The average molecular weight is 589 g/mol. The zero-order valence-corrected chi connectivity index (χ0v) is 24.0. The molecule has 2 aromatic carbocycles. The van der Waals surface area contributed by atoms with Crippen molar-refractivity contribution in [3.8, 4) is 28.9 Å². The summed E-state index contributed by atoms with van der Waals surface area (Å²) in [7, 11) is 0. The lowest BCUT2D eigenvalue weighted by Gasteiger charge is -2.39. The molecule has 4 aliphatic rings. The molecule has 2 N–H and O–H groups in total. The first-order valence-corrected chi connectivity index (χ1v) is 15.2. The predicted molar refractivity (Wildman–Crippen MR) is 159 cm³/mol. The fourth-order valence-electron chi connectivity index (χ4n) is 7.53. The molecule has 0 saturated carbocycles. The maximum Gasteiger partial charge on any atom is 0.319 e. The Kier molecular flexibility index (Phi) is 6.30. The standard InChI is InChI=1S/C32H34F2N6O3/c1-2-20-15-40-21(13-35-20)16-42-30-28-26(11-25(36-30)23-10-22(41)9-18-5-3-6-24(34)27(18)23)37-31(38-29(28)40)43-17-32-7-4-8-39(32)14-19(33)12-32/h3,5-6,9-11,19-21,35,41H,2,4,7-8,12-17H2,1H3/t19-,20?,21+,32+/m1/s1. The second-order valence-corrected chi connectivity index (χ2v) is 12.4. The lowest BCUT2D eigenvalue weighted by atomic mass is 9.95. The van der Waals surface area contributed by atoms with Crippen LogP contribution in [0.15, 0.2) is 36.4 Å². The summed E-state index contributed by atoms with van der Waals surface area (Å²) < 4.78 is 42.3. The Balaban J connectivity index is 1.28. The molecule has 43 heavy (non-hydrogen) atoms. The number of nitrogens with one attached hydrogen (secondary N) is 1. The van der Waals surface area contributed by atoms with Crippen LogP contribution in [0.5, 0.6) is 17.6 Å². The average Bonchev–Trinajstić information content (AvgIpc) is 3.48. The van der Waals surface area contributed by atoms with Gasteiger partial charge in [-0.1, -0.05) is 19.1 Å². The van der Waals surface area contributed by atoms with Crippen LogP contribution < -0.4 is 19.7 Å². The van der Waals surface area contributed by atoms with Crippen molar-refractivity contribution in [2.45, 2.75) is 56.4 Å². The van der Waals surface area contributed by atoms with E-state index in [-0.39, 0.29) is 29.4 Å². The Morgan fingerprint density at radius 2 is 2.07 bits per heavy atom. The maximum absolute atomic E-state index is 15.2. The number of fused-ring (bicyclic) bond motifs is 4. The summed E-state index contributed by atoms with van der Waals surface area (Å²) in [6.07, 6.45) is 2.46. The molecule has 0 spiro atoms. The minimum absolute atomic E-state index is 0.00565. The topological polar surface area (TPSA) is 95.9 Å². The normalized spacial score (nSPS) is 26.8. The number of hydrogen-bond acceptors (Lipinski definition) is 9. The second-order valence-electron chi connectivity index (χ2n) is 12.4. The molecular formula is C32H34F2N6O3. The van der Waals surface area contributed by atoms with Gasteiger partial charge in [-0.05, 0) is 55.5 Å². The van der Waals surface area contributed by atoms with Crippen molar-refractivity contribution < 1.29 is 23.4 Å². The molecule has 3 fully saturated rings. The monoisotopic (exact) mass is 588 g/mol. The van der Waals surface area contributed by atoms with Crippen molar-refractivity contribution in [2.75, 3.05) is 44.3 Å². The number of alkyl halides is 1. The first kappa shape index (κ1) is 26.8. The zero-order valence-electron chi connectivity index (χ0n) is 24.0. The highest BCUT2D eigenvalue weighted by Gasteiger charge is 2.49. The highest BCUT2D eigenvalue weighted by Crippen LogP contribution is 2.43. The summed E-state index contributed by atoms with van der Waals surface area (Å²) in [5, 5.41) is 15.7. The van der Waals surface area contributed by atoms with E-state index in [1.54, 1.807) is 18.2 Å². The Hall–Kier alpha value is -3.83. The van der Waals surface area contributed by atoms with E-state index >= 15 is 4.39 Å². The third kappa shape index (κ3) is 4.43. The van der Waals surface area contributed by atoms with Crippen molar-refractivity contribution in [3.05, 3.63) is 42.2 Å². The van der Waals surface area contributed by atoms with Crippen LogP contribution in [-0.2, 0) is 0 Å². The van der Waals surface area contributed by atoms with Crippen molar-refractivity contribution in [3.63, 3.8) is 0 Å². The Labute approximate surface area is 247 Å². The summed E-state index contributed by atoms with van der Waals surface area (Å²) in [6, 6.07) is 10.1. The Morgan fingerprint density at radius 1 is 1.16 bits per heavy atom. The van der Waals surface area contributed by atoms with E-state index in [0.29, 0.717) is 70.8 Å². The van der Waals surface area contributed by atoms with E-state index in [1.807, 2.05) is 0 Å². The maximum atomic E-state index is 15.2. The van der Waals surface area contributed by atoms with Gasteiger partial charge in [-0.3, -0.25) is 4.90 Å². The van der Waals surface area contributed by atoms with Gasteiger partial charge < -0.3 is 24.8 Å². The van der Waals surface area contributed by atoms with Gasteiger partial charge in [0.2, 0.25) is 5.88 Å². The van der Waals surface area contributed by atoms with Crippen molar-refractivity contribution in [2.24, 2.45) is 0 Å². The quantitative estimate of drug-likeness (QED) is 0.347. The first-order valence-electron chi connectivity index (χ1n) is 15.2. The van der Waals surface area contributed by atoms with Crippen LogP contribution in [0.4, 0.5) is 14.6 Å². The number of benzene rings is 2. The molecule has 4 aliphatic heterocycles. The minimum atomic E-state index is -0.857. The largest absolute Gasteiger partial charge is 0.508 e. The molecule has 9 nitrogen and oxygen atoms in total. The molecule has 224 valence electrons. The van der Waals surface area contributed by atoms with E-state index < -0.39 is 12.0 Å². The van der Waals surface area contributed by atoms with E-state index in [1.165, 1.54) is 18.2 Å². The molecule has 0 amide bonds. The summed E-state index contributed by atoms with van der Waals surface area (Å²) >= 11 is 0. The van der Waals surface area contributed by atoms with Crippen molar-refractivity contribution in [1.29, 1.82) is 0 Å². The molecule has 11 heteroatoms. The van der Waals surface area contributed by atoms with Crippen LogP contribution in [0.2, 0.25) is 0 Å². The van der Waals surface area contributed by atoms with E-state index in [9.17, 15) is 9.50 Å². The van der Waals surface area contributed by atoms with Gasteiger partial charge in [-0.15, -0.1) is 0 Å². The number of anilines is 1. The van der Waals surface area contributed by atoms with Crippen LogP contribution in [-0.4, -0.2) is 88.1 Å². The number of halogens is 2. The number of rotatable bonds is 5. The minimum Gasteiger partial charge on any atom is -0.508 e. The fourth-order valence-corrected chi connectivity index (χ4v) is 7.53. The number of aromatic hydroxyl groups is 1. The third-order valence-corrected chi connectivity index (χ3v) is 9.70. The van der Waals surface area contributed by atoms with E-state index in [2.05, 4.69) is 22.0 Å². The van der Waals surface area contributed by atoms with Crippen LogP contribution in [0, 0.1) is 5.82 Å². The van der Waals surface area contributed by atoms with Crippen LogP contribution in [0.1, 0.15) is 32.6 Å². The smallest absolute Gasteiger partial charge is 0.319 e. The summed E-state index contributed by atoms with van der Waals surface area (Å²) in [4.78, 5) is 19.1. The number of piperazine rings is 1. The van der Waals surface area contributed by atoms with Gasteiger partial charge in [0.05, 0.1) is 22.8 Å². The summed E-state index contributed by atoms with van der Waals surface area (Å²) in [5.41, 5.74) is 1.07. The number of pyridine rings is 1. The number of ether oxygens (including phenoxy) is 2. The lowest BCUT2D eigenvalue weighted by molar-refractivity contribution is 0.107. The van der Waals surface area contributed by atoms with Gasteiger partial charge in [0, 0.05) is 43.0 Å². The molecule has 3 saturated heterocycles. The molecule has 2 aromatic heterocycles. The number of aromatic nitrogens is 3. The van der Waals surface area contributed by atoms with Crippen LogP contribution in [0.25, 0.3) is 32.9 Å². The molecular weight excluding hydrogens is 554 g/mol. The van der Waals surface area contributed by atoms with E-state index in [4.69, 9.17) is 24.4 Å². The first-order chi connectivity index (χ1) is 20.9. The molecule has 6 heterocycles. The number of nitrogens with zero attached hydrogens (tertiary/aromatic N) is 5. The third-order valence-electron chi connectivity index (χ3n) is 9.70. The van der Waals surface area contributed by atoms with Gasteiger partial charge in [0.25, 0.3) is 0 Å². The Bertz CT molecular complexity index is 1740. The second kappa shape index (κ2) is 10.1. The van der Waals surface area contributed by atoms with Gasteiger partial charge in [-0.2, -0.15) is 9.97 Å². The zero-order chi connectivity index (χ0) is 29.3. The lowest BCUT2D eigenvalue weighted by Crippen LogP contribution is -2.58. The number of phenols is 1. The molecule has 4 aromatic rings. The number of phenolic OH excluding ortho intramolecular Hbond substituents is 1. The van der Waals surface area contributed by atoms with Gasteiger partial charge >= 0.3 is 6.01 Å². The van der Waals surface area contributed by atoms with Crippen LogP contribution >= 0.6 is 0 Å². The highest BCUT2D eigenvalue weighted by molar-refractivity contribution is 6.01. The van der Waals surface area contributed by atoms with Crippen molar-refractivity contribution >= 4 is 27.5 Å². The van der Waals surface area contributed by atoms with Gasteiger partial charge in [-0.25, -0.2) is 13.8 Å². The molecule has 1 unspecified atom stereocenters. The molecule has 0 bridgehead atoms. The van der Waals surface area contributed by atoms with Crippen molar-refractivity contribution in [1.82, 2.24) is 25.2 Å². The summed E-state index contributed by atoms with van der Waals surface area (Å²) in [6.45, 7) is 5.62. The van der Waals surface area contributed by atoms with Gasteiger partial charge in [0.15, 0.2) is 0 Å².